The second-order valence-corrected chi connectivity index (χ2v) is 6.29. The minimum atomic E-state index is -0.103. The van der Waals surface area contributed by atoms with E-state index in [4.69, 9.17) is 0 Å². The Morgan fingerprint density at radius 1 is 1.00 bits per heavy atom. The molecule has 2 aromatic rings. The van der Waals surface area contributed by atoms with Gasteiger partial charge in [-0.25, -0.2) is 4.98 Å². The number of amides is 1. The molecule has 24 heavy (non-hydrogen) atoms. The van der Waals surface area contributed by atoms with Gasteiger partial charge in [-0.05, 0) is 37.0 Å². The maximum Gasteiger partial charge on any atom is 0.269 e. The van der Waals surface area contributed by atoms with E-state index in [9.17, 15) is 4.79 Å². The van der Waals surface area contributed by atoms with Gasteiger partial charge in [0, 0.05) is 19.6 Å². The van der Waals surface area contributed by atoms with Gasteiger partial charge in [-0.15, -0.1) is 0 Å². The molecule has 1 aliphatic heterocycles. The van der Waals surface area contributed by atoms with E-state index in [1.165, 1.54) is 31.2 Å². The molecule has 126 valence electrons. The molecule has 1 aromatic carbocycles. The van der Waals surface area contributed by atoms with Gasteiger partial charge in [0.25, 0.3) is 5.91 Å². The van der Waals surface area contributed by atoms with Gasteiger partial charge in [-0.1, -0.05) is 43.2 Å². The fraction of sp³-hybridized carbons (Fsp3) is 0.400. The van der Waals surface area contributed by atoms with Gasteiger partial charge >= 0.3 is 0 Å². The van der Waals surface area contributed by atoms with Gasteiger partial charge in [0.05, 0.1) is 11.9 Å². The highest BCUT2D eigenvalue weighted by Crippen LogP contribution is 2.18. The van der Waals surface area contributed by atoms with Crippen molar-refractivity contribution in [2.75, 3.05) is 24.5 Å². The molecule has 1 saturated heterocycles. The molecule has 1 N–H and O–H groups in total. The van der Waals surface area contributed by atoms with Gasteiger partial charge in [-0.2, -0.15) is 0 Å². The van der Waals surface area contributed by atoms with Crippen molar-refractivity contribution in [3.05, 3.63) is 59.9 Å². The molecular weight excluding hydrogens is 298 g/mol. The molecule has 0 saturated carbocycles. The summed E-state index contributed by atoms with van der Waals surface area (Å²) in [5, 5.41) is 2.94. The summed E-state index contributed by atoms with van der Waals surface area (Å²) in [6.45, 7) is 2.80. The van der Waals surface area contributed by atoms with Crippen molar-refractivity contribution in [3.63, 3.8) is 0 Å². The summed E-state index contributed by atoms with van der Waals surface area (Å²) in [6.07, 6.45) is 7.76. The van der Waals surface area contributed by atoms with Crippen molar-refractivity contribution in [3.8, 4) is 0 Å². The monoisotopic (exact) mass is 323 g/mol. The number of hydrogen-bond acceptors (Lipinski definition) is 3. The quantitative estimate of drug-likeness (QED) is 0.917. The van der Waals surface area contributed by atoms with Crippen LogP contribution in [0.4, 0.5) is 5.69 Å². The van der Waals surface area contributed by atoms with Gasteiger partial charge < -0.3 is 10.2 Å². The van der Waals surface area contributed by atoms with Crippen LogP contribution in [0, 0.1) is 0 Å². The Labute approximate surface area is 143 Å². The highest BCUT2D eigenvalue weighted by atomic mass is 16.1. The van der Waals surface area contributed by atoms with E-state index in [1.54, 1.807) is 0 Å². The number of hydrogen-bond donors (Lipinski definition) is 1. The van der Waals surface area contributed by atoms with Crippen molar-refractivity contribution in [1.29, 1.82) is 0 Å². The SMILES string of the molecule is O=C(NCCc1ccccc1)c1ccc(N2CCCCCC2)cn1. The molecule has 0 aliphatic carbocycles. The van der Waals surface area contributed by atoms with Crippen LogP contribution in [0.25, 0.3) is 0 Å². The number of anilines is 1. The van der Waals surface area contributed by atoms with Gasteiger partial charge in [-0.3, -0.25) is 4.79 Å². The number of rotatable bonds is 5. The largest absolute Gasteiger partial charge is 0.370 e. The first-order valence-corrected chi connectivity index (χ1v) is 8.86. The zero-order valence-corrected chi connectivity index (χ0v) is 14.1. The molecule has 0 spiro atoms. The third-order valence-corrected chi connectivity index (χ3v) is 4.49. The van der Waals surface area contributed by atoms with Crippen LogP contribution in [0.3, 0.4) is 0 Å². The van der Waals surface area contributed by atoms with Crippen LogP contribution in [0.15, 0.2) is 48.7 Å². The Bertz CT molecular complexity index is 632. The van der Waals surface area contributed by atoms with Crippen LogP contribution in [-0.2, 0) is 6.42 Å². The van der Waals surface area contributed by atoms with Gasteiger partial charge in [0.2, 0.25) is 0 Å². The first kappa shape index (κ1) is 16.5. The normalized spacial score (nSPS) is 14.9. The van der Waals surface area contributed by atoms with E-state index in [1.807, 2.05) is 36.5 Å². The Morgan fingerprint density at radius 2 is 1.75 bits per heavy atom. The molecule has 3 rings (SSSR count). The molecule has 1 aliphatic rings. The number of carbonyl (C=O) groups is 1. The number of nitrogens with one attached hydrogen (secondary N) is 1. The van der Waals surface area contributed by atoms with E-state index < -0.39 is 0 Å². The summed E-state index contributed by atoms with van der Waals surface area (Å²) in [5.41, 5.74) is 2.83. The summed E-state index contributed by atoms with van der Waals surface area (Å²) < 4.78 is 0. The maximum atomic E-state index is 12.2. The standard InChI is InChI=1S/C20H25N3O/c24-20(21-13-12-17-8-4-3-5-9-17)19-11-10-18(16-22-19)23-14-6-1-2-7-15-23/h3-5,8-11,16H,1-2,6-7,12-15H2,(H,21,24). The fourth-order valence-corrected chi connectivity index (χ4v) is 3.09. The van der Waals surface area contributed by atoms with Crippen LogP contribution < -0.4 is 10.2 Å². The van der Waals surface area contributed by atoms with E-state index in [0.717, 1.165) is 25.2 Å². The van der Waals surface area contributed by atoms with Crippen LogP contribution >= 0.6 is 0 Å². The highest BCUT2D eigenvalue weighted by Gasteiger charge is 2.12. The third-order valence-electron chi connectivity index (χ3n) is 4.49. The molecule has 1 aromatic heterocycles. The van der Waals surface area contributed by atoms with Crippen molar-refractivity contribution in [1.82, 2.24) is 10.3 Å². The van der Waals surface area contributed by atoms with E-state index in [0.29, 0.717) is 12.2 Å². The summed E-state index contributed by atoms with van der Waals surface area (Å²) in [5.74, 6) is -0.103. The highest BCUT2D eigenvalue weighted by molar-refractivity contribution is 5.92. The Balaban J connectivity index is 1.51. The zero-order valence-electron chi connectivity index (χ0n) is 14.1. The van der Waals surface area contributed by atoms with Gasteiger partial charge in [0.1, 0.15) is 5.69 Å². The molecule has 1 fully saturated rings. The lowest BCUT2D eigenvalue weighted by molar-refractivity contribution is 0.0949. The molecular formula is C20H25N3O. The molecule has 0 atom stereocenters. The lowest BCUT2D eigenvalue weighted by Gasteiger charge is -2.22. The number of pyridine rings is 1. The topological polar surface area (TPSA) is 45.2 Å². The first-order chi connectivity index (χ1) is 11.8. The maximum absolute atomic E-state index is 12.2. The first-order valence-electron chi connectivity index (χ1n) is 8.86. The average Bonchev–Trinajstić information content (AvgIpc) is 2.92. The molecule has 2 heterocycles. The van der Waals surface area contributed by atoms with Crippen molar-refractivity contribution in [2.45, 2.75) is 32.1 Å². The number of carbonyl (C=O) groups excluding carboxylic acids is 1. The third kappa shape index (κ3) is 4.57. The van der Waals surface area contributed by atoms with E-state index >= 15 is 0 Å². The lowest BCUT2D eigenvalue weighted by atomic mass is 10.1. The molecule has 4 heteroatoms. The minimum Gasteiger partial charge on any atom is -0.370 e. The second-order valence-electron chi connectivity index (χ2n) is 6.29. The van der Waals surface area contributed by atoms with Crippen molar-refractivity contribution < 1.29 is 4.79 Å². The minimum absolute atomic E-state index is 0.103. The van der Waals surface area contributed by atoms with E-state index in [2.05, 4.69) is 27.3 Å². The molecule has 1 amide bonds. The van der Waals surface area contributed by atoms with E-state index in [-0.39, 0.29) is 5.91 Å². The van der Waals surface area contributed by atoms with Crippen LogP contribution in [0.1, 0.15) is 41.7 Å². The van der Waals surface area contributed by atoms with Crippen LogP contribution in [0.5, 0.6) is 0 Å². The number of benzene rings is 1. The smallest absolute Gasteiger partial charge is 0.269 e. The molecule has 0 unspecified atom stereocenters. The predicted molar refractivity (Wildman–Crippen MR) is 97.4 cm³/mol. The predicted octanol–water partition coefficient (Wildman–Crippen LogP) is 3.43. The summed E-state index contributed by atoms with van der Waals surface area (Å²) in [6, 6.07) is 14.0. The number of aromatic nitrogens is 1. The van der Waals surface area contributed by atoms with Crippen molar-refractivity contribution >= 4 is 11.6 Å². The summed E-state index contributed by atoms with van der Waals surface area (Å²) >= 11 is 0. The Morgan fingerprint density at radius 3 is 2.42 bits per heavy atom. The molecule has 4 nitrogen and oxygen atoms in total. The van der Waals surface area contributed by atoms with Gasteiger partial charge in [0.15, 0.2) is 0 Å². The van der Waals surface area contributed by atoms with Crippen LogP contribution in [0.2, 0.25) is 0 Å². The Kier molecular flexibility index (Phi) is 5.83. The summed E-state index contributed by atoms with van der Waals surface area (Å²) in [4.78, 5) is 18.9. The Hall–Kier alpha value is -2.36. The lowest BCUT2D eigenvalue weighted by Crippen LogP contribution is -2.27. The average molecular weight is 323 g/mol. The van der Waals surface area contributed by atoms with Crippen molar-refractivity contribution in [2.24, 2.45) is 0 Å². The molecule has 0 radical (unpaired) electrons. The number of nitrogens with zero attached hydrogens (tertiary/aromatic N) is 2. The summed E-state index contributed by atoms with van der Waals surface area (Å²) in [7, 11) is 0. The molecule has 0 bridgehead atoms. The zero-order chi connectivity index (χ0) is 16.6. The second kappa shape index (κ2) is 8.48. The fourth-order valence-electron chi connectivity index (χ4n) is 3.09. The van der Waals surface area contributed by atoms with Crippen LogP contribution in [-0.4, -0.2) is 30.5 Å².